The Labute approximate surface area is 166 Å². The van der Waals surface area contributed by atoms with Crippen LogP contribution in [0.3, 0.4) is 0 Å². The summed E-state index contributed by atoms with van der Waals surface area (Å²) in [5.41, 5.74) is 4.79. The Kier molecular flexibility index (Phi) is 4.10. The number of thiazole rings is 1. The van der Waals surface area contributed by atoms with E-state index in [4.69, 9.17) is 14.5 Å². The SMILES string of the molecule is Cc1ccc(-c2nc3ccccc3s2)cc1CC(=O)c1ccc2c(c1)OCO2. The normalized spacial score (nSPS) is 12.5. The van der Waals surface area contributed by atoms with Gasteiger partial charge in [-0.15, -0.1) is 11.3 Å². The molecule has 0 unspecified atom stereocenters. The van der Waals surface area contributed by atoms with Gasteiger partial charge < -0.3 is 9.47 Å². The van der Waals surface area contributed by atoms with Crippen LogP contribution in [0.25, 0.3) is 20.8 Å². The van der Waals surface area contributed by atoms with E-state index < -0.39 is 0 Å². The summed E-state index contributed by atoms with van der Waals surface area (Å²) in [6.45, 7) is 2.24. The van der Waals surface area contributed by atoms with Crippen molar-refractivity contribution in [2.75, 3.05) is 6.79 Å². The van der Waals surface area contributed by atoms with Gasteiger partial charge in [-0.05, 0) is 54.4 Å². The Morgan fingerprint density at radius 1 is 1.04 bits per heavy atom. The maximum absolute atomic E-state index is 12.8. The van der Waals surface area contributed by atoms with Crippen LogP contribution >= 0.6 is 11.3 Å². The smallest absolute Gasteiger partial charge is 0.231 e. The molecule has 5 heteroatoms. The fraction of sp³-hybridized carbons (Fsp3) is 0.130. The number of para-hydroxylation sites is 1. The van der Waals surface area contributed by atoms with E-state index in [0.29, 0.717) is 23.5 Å². The fourth-order valence-corrected chi connectivity index (χ4v) is 4.30. The van der Waals surface area contributed by atoms with Gasteiger partial charge in [-0.1, -0.05) is 24.3 Å². The maximum Gasteiger partial charge on any atom is 0.231 e. The molecule has 1 aliphatic heterocycles. The molecule has 0 bridgehead atoms. The van der Waals surface area contributed by atoms with Gasteiger partial charge in [-0.3, -0.25) is 4.79 Å². The molecule has 138 valence electrons. The van der Waals surface area contributed by atoms with Gasteiger partial charge in [0.25, 0.3) is 0 Å². The number of ketones is 1. The number of fused-ring (bicyclic) bond motifs is 2. The van der Waals surface area contributed by atoms with E-state index in [2.05, 4.69) is 24.3 Å². The number of aromatic nitrogens is 1. The van der Waals surface area contributed by atoms with Crippen LogP contribution in [0, 0.1) is 6.92 Å². The predicted molar refractivity (Wildman–Crippen MR) is 110 cm³/mol. The van der Waals surface area contributed by atoms with Gasteiger partial charge in [0, 0.05) is 17.5 Å². The van der Waals surface area contributed by atoms with Crippen LogP contribution < -0.4 is 9.47 Å². The van der Waals surface area contributed by atoms with E-state index >= 15 is 0 Å². The first-order valence-corrected chi connectivity index (χ1v) is 9.87. The van der Waals surface area contributed by atoms with Crippen LogP contribution in [0.1, 0.15) is 21.5 Å². The van der Waals surface area contributed by atoms with Crippen molar-refractivity contribution in [3.63, 3.8) is 0 Å². The minimum atomic E-state index is 0.0582. The van der Waals surface area contributed by atoms with Crippen molar-refractivity contribution >= 4 is 27.3 Å². The van der Waals surface area contributed by atoms with Gasteiger partial charge in [0.15, 0.2) is 17.3 Å². The Hall–Kier alpha value is -3.18. The number of Topliss-reactive ketones (excluding diaryl/α,β-unsaturated/α-hetero) is 1. The molecule has 0 saturated carbocycles. The summed E-state index contributed by atoms with van der Waals surface area (Å²) in [4.78, 5) is 17.6. The second-order valence-corrected chi connectivity index (χ2v) is 7.83. The number of aryl methyl sites for hydroxylation is 1. The monoisotopic (exact) mass is 387 g/mol. The molecule has 0 radical (unpaired) electrons. The molecule has 5 rings (SSSR count). The van der Waals surface area contributed by atoms with Gasteiger partial charge in [-0.25, -0.2) is 4.98 Å². The lowest BCUT2D eigenvalue weighted by Gasteiger charge is -2.08. The molecule has 0 fully saturated rings. The molecule has 3 aromatic carbocycles. The Morgan fingerprint density at radius 2 is 1.89 bits per heavy atom. The summed E-state index contributed by atoms with van der Waals surface area (Å²) in [6, 6.07) is 19.7. The maximum atomic E-state index is 12.8. The highest BCUT2D eigenvalue weighted by atomic mass is 32.1. The van der Waals surface area contributed by atoms with E-state index in [-0.39, 0.29) is 12.6 Å². The van der Waals surface area contributed by atoms with Crippen LogP contribution in [0.5, 0.6) is 11.5 Å². The lowest BCUT2D eigenvalue weighted by molar-refractivity contribution is 0.0992. The predicted octanol–water partition coefficient (Wildman–Crippen LogP) is 5.43. The molecule has 0 amide bonds. The van der Waals surface area contributed by atoms with Gasteiger partial charge in [0.05, 0.1) is 10.2 Å². The molecule has 4 nitrogen and oxygen atoms in total. The molecule has 1 aliphatic rings. The number of carbonyl (C=O) groups is 1. The van der Waals surface area contributed by atoms with E-state index in [0.717, 1.165) is 31.9 Å². The minimum Gasteiger partial charge on any atom is -0.454 e. The molecular formula is C23H17NO3S. The molecule has 0 N–H and O–H groups in total. The fourth-order valence-electron chi connectivity index (χ4n) is 3.34. The molecule has 0 aliphatic carbocycles. The summed E-state index contributed by atoms with van der Waals surface area (Å²) in [6.07, 6.45) is 0.338. The molecule has 1 aromatic heterocycles. The number of hydrogen-bond acceptors (Lipinski definition) is 5. The van der Waals surface area contributed by atoms with Gasteiger partial charge in [0.1, 0.15) is 5.01 Å². The Morgan fingerprint density at radius 3 is 2.79 bits per heavy atom. The van der Waals surface area contributed by atoms with Crippen LogP contribution in [0.2, 0.25) is 0 Å². The summed E-state index contributed by atoms with van der Waals surface area (Å²) >= 11 is 1.67. The highest BCUT2D eigenvalue weighted by Crippen LogP contribution is 2.34. The van der Waals surface area contributed by atoms with Crippen molar-refractivity contribution in [2.45, 2.75) is 13.3 Å². The van der Waals surface area contributed by atoms with Gasteiger partial charge >= 0.3 is 0 Å². The molecular weight excluding hydrogens is 370 g/mol. The first-order chi connectivity index (χ1) is 13.7. The average Bonchev–Trinajstić information content (AvgIpc) is 3.35. The largest absolute Gasteiger partial charge is 0.454 e. The topological polar surface area (TPSA) is 48.4 Å². The zero-order valence-corrected chi connectivity index (χ0v) is 16.1. The van der Waals surface area contributed by atoms with E-state index in [9.17, 15) is 4.79 Å². The third-order valence-corrected chi connectivity index (χ3v) is 6.02. The van der Waals surface area contributed by atoms with E-state index in [1.807, 2.05) is 25.1 Å². The zero-order chi connectivity index (χ0) is 19.1. The van der Waals surface area contributed by atoms with Crippen LogP contribution in [-0.4, -0.2) is 17.6 Å². The molecule has 0 saturated heterocycles. The Bertz CT molecular complexity index is 1180. The summed E-state index contributed by atoms with van der Waals surface area (Å²) in [5, 5.41) is 0.970. The first kappa shape index (κ1) is 17.0. The van der Waals surface area contributed by atoms with Crippen molar-refractivity contribution < 1.29 is 14.3 Å². The van der Waals surface area contributed by atoms with E-state index in [1.54, 1.807) is 29.5 Å². The summed E-state index contributed by atoms with van der Waals surface area (Å²) in [5.74, 6) is 1.37. The summed E-state index contributed by atoms with van der Waals surface area (Å²) in [7, 11) is 0. The van der Waals surface area contributed by atoms with Crippen molar-refractivity contribution in [1.82, 2.24) is 4.98 Å². The quantitative estimate of drug-likeness (QED) is 0.438. The average molecular weight is 387 g/mol. The lowest BCUT2D eigenvalue weighted by Crippen LogP contribution is -2.05. The van der Waals surface area contributed by atoms with Crippen LogP contribution in [-0.2, 0) is 6.42 Å². The zero-order valence-electron chi connectivity index (χ0n) is 15.3. The second kappa shape index (κ2) is 6.77. The molecule has 0 spiro atoms. The highest BCUT2D eigenvalue weighted by molar-refractivity contribution is 7.21. The van der Waals surface area contributed by atoms with Crippen molar-refractivity contribution in [2.24, 2.45) is 0 Å². The third kappa shape index (κ3) is 3.04. The first-order valence-electron chi connectivity index (χ1n) is 9.06. The minimum absolute atomic E-state index is 0.0582. The number of rotatable bonds is 4. The molecule has 0 atom stereocenters. The van der Waals surface area contributed by atoms with Crippen molar-refractivity contribution in [1.29, 1.82) is 0 Å². The van der Waals surface area contributed by atoms with Gasteiger partial charge in [-0.2, -0.15) is 0 Å². The molecule has 28 heavy (non-hydrogen) atoms. The number of hydrogen-bond donors (Lipinski definition) is 0. The molecule has 4 aromatic rings. The van der Waals surface area contributed by atoms with Gasteiger partial charge in [0.2, 0.25) is 6.79 Å². The highest BCUT2D eigenvalue weighted by Gasteiger charge is 2.17. The number of ether oxygens (including phenoxy) is 2. The standard InChI is InChI=1S/C23H17NO3S/c1-14-6-7-16(23-24-18-4-2-3-5-22(18)28-23)10-17(14)11-19(25)15-8-9-20-21(12-15)27-13-26-20/h2-10,12H,11,13H2,1H3. The molecule has 2 heterocycles. The second-order valence-electron chi connectivity index (χ2n) is 6.80. The van der Waals surface area contributed by atoms with Crippen molar-refractivity contribution in [3.05, 3.63) is 77.4 Å². The number of benzene rings is 3. The Balaban J connectivity index is 1.45. The summed E-state index contributed by atoms with van der Waals surface area (Å²) < 4.78 is 11.9. The number of carbonyl (C=O) groups excluding carboxylic acids is 1. The van der Waals surface area contributed by atoms with Crippen molar-refractivity contribution in [3.8, 4) is 22.1 Å². The third-order valence-electron chi connectivity index (χ3n) is 4.94. The number of nitrogens with zero attached hydrogens (tertiary/aromatic N) is 1. The van der Waals surface area contributed by atoms with Crippen LogP contribution in [0.15, 0.2) is 60.7 Å². The van der Waals surface area contributed by atoms with Crippen LogP contribution in [0.4, 0.5) is 0 Å². The lowest BCUT2D eigenvalue weighted by atomic mass is 9.97. The van der Waals surface area contributed by atoms with E-state index in [1.165, 1.54) is 0 Å².